The van der Waals surface area contributed by atoms with Gasteiger partial charge >= 0.3 is 0 Å². The molecule has 0 aliphatic rings. The Kier molecular flexibility index (Phi) is 4.55. The molecule has 14 heavy (non-hydrogen) atoms. The van der Waals surface area contributed by atoms with E-state index in [0.29, 0.717) is 0 Å². The molecule has 3 nitrogen and oxygen atoms in total. The van der Waals surface area contributed by atoms with Gasteiger partial charge in [0, 0.05) is 24.8 Å². The van der Waals surface area contributed by atoms with Crippen molar-refractivity contribution in [1.82, 2.24) is 4.72 Å². The number of hydrogen-bond donors (Lipinski definition) is 3. The number of ether oxygens (including phenoxy) is 1. The molecule has 0 fully saturated rings. The van der Waals surface area contributed by atoms with Crippen molar-refractivity contribution in [3.05, 3.63) is 24.0 Å². The van der Waals surface area contributed by atoms with Crippen LogP contribution in [-0.4, -0.2) is 20.2 Å². The summed E-state index contributed by atoms with van der Waals surface area (Å²) in [6.45, 7) is 1.45. The second-order valence-electron chi connectivity index (χ2n) is 2.68. The lowest BCUT2D eigenvalue weighted by Crippen LogP contribution is -2.14. The highest BCUT2D eigenvalue weighted by atomic mass is 32.1. The Morgan fingerprint density at radius 2 is 2.21 bits per heavy atom. The molecule has 1 aromatic rings. The van der Waals surface area contributed by atoms with Crippen LogP contribution in [0.5, 0.6) is 5.75 Å². The number of thiol groups is 1. The van der Waals surface area contributed by atoms with Crippen LogP contribution in [0.3, 0.4) is 0 Å². The second-order valence-corrected chi connectivity index (χ2v) is 3.00. The highest BCUT2D eigenvalue weighted by Crippen LogP contribution is 2.20. The molecule has 0 unspecified atom stereocenters. The summed E-state index contributed by atoms with van der Waals surface area (Å²) in [5.74, 6) is -0.112. The fourth-order valence-corrected chi connectivity index (χ4v) is 1.14. The van der Waals surface area contributed by atoms with Crippen molar-refractivity contribution in [3.63, 3.8) is 0 Å². The third-order valence-corrected chi connectivity index (χ3v) is 1.94. The molecule has 1 aromatic carbocycles. The van der Waals surface area contributed by atoms with E-state index in [-0.39, 0.29) is 11.6 Å². The lowest BCUT2D eigenvalue weighted by atomic mass is 10.3. The molecule has 0 aromatic heterocycles. The number of anilines is 1. The molecule has 2 N–H and O–H groups in total. The normalized spacial score (nSPS) is 9.93. The standard InChI is InChI=1S/C9H13FN2OS/c1-13-9-6-7(2-3-8(9)10)11-4-5-12-14/h2-3,6,11-12,14H,4-5H2,1H3. The Morgan fingerprint density at radius 1 is 1.43 bits per heavy atom. The molecule has 0 atom stereocenters. The highest BCUT2D eigenvalue weighted by Gasteiger charge is 2.02. The zero-order valence-corrected chi connectivity index (χ0v) is 8.77. The summed E-state index contributed by atoms with van der Waals surface area (Å²) in [5, 5.41) is 3.09. The topological polar surface area (TPSA) is 33.3 Å². The number of hydrogen-bond acceptors (Lipinski definition) is 4. The predicted molar refractivity (Wildman–Crippen MR) is 58.4 cm³/mol. The lowest BCUT2D eigenvalue weighted by molar-refractivity contribution is 0.387. The maximum atomic E-state index is 13.0. The Hall–Kier alpha value is -0.940. The van der Waals surface area contributed by atoms with Gasteiger partial charge in [-0.3, -0.25) is 4.72 Å². The molecule has 0 heterocycles. The summed E-state index contributed by atoms with van der Waals surface area (Å²) in [5.41, 5.74) is 0.826. The van der Waals surface area contributed by atoms with E-state index in [4.69, 9.17) is 4.74 Å². The minimum Gasteiger partial charge on any atom is -0.494 e. The predicted octanol–water partition coefficient (Wildman–Crippen LogP) is 1.68. The van der Waals surface area contributed by atoms with Gasteiger partial charge in [-0.2, -0.15) is 0 Å². The minimum atomic E-state index is -0.356. The van der Waals surface area contributed by atoms with Gasteiger partial charge in [-0.15, -0.1) is 0 Å². The molecule has 5 heteroatoms. The fourth-order valence-electron chi connectivity index (χ4n) is 1.03. The molecular weight excluding hydrogens is 203 g/mol. The average molecular weight is 216 g/mol. The Bertz CT molecular complexity index is 296. The monoisotopic (exact) mass is 216 g/mol. The molecule has 0 aliphatic carbocycles. The molecule has 0 amide bonds. The van der Waals surface area contributed by atoms with Crippen LogP contribution in [0.15, 0.2) is 18.2 Å². The largest absolute Gasteiger partial charge is 0.494 e. The van der Waals surface area contributed by atoms with E-state index in [1.165, 1.54) is 13.2 Å². The molecule has 0 radical (unpaired) electrons. The Labute approximate surface area is 88.2 Å². The summed E-state index contributed by atoms with van der Waals surface area (Å²) >= 11 is 3.85. The molecule has 0 bridgehead atoms. The number of rotatable bonds is 5. The van der Waals surface area contributed by atoms with Crippen molar-refractivity contribution in [2.75, 3.05) is 25.5 Å². The van der Waals surface area contributed by atoms with Gasteiger partial charge in [-0.05, 0) is 12.1 Å². The van der Waals surface area contributed by atoms with E-state index in [2.05, 4.69) is 22.9 Å². The Balaban J connectivity index is 2.60. The summed E-state index contributed by atoms with van der Waals surface area (Å²) in [6.07, 6.45) is 0. The van der Waals surface area contributed by atoms with Gasteiger partial charge in [-0.25, -0.2) is 4.39 Å². The van der Waals surface area contributed by atoms with E-state index >= 15 is 0 Å². The van der Waals surface area contributed by atoms with Crippen LogP contribution in [0.1, 0.15) is 0 Å². The first-order valence-electron chi connectivity index (χ1n) is 4.22. The first-order valence-corrected chi connectivity index (χ1v) is 4.67. The molecule has 0 aliphatic heterocycles. The quantitative estimate of drug-likeness (QED) is 0.517. The minimum absolute atomic E-state index is 0.244. The SMILES string of the molecule is COc1cc(NCCNS)ccc1F. The average Bonchev–Trinajstić information content (AvgIpc) is 2.21. The van der Waals surface area contributed by atoms with Crippen LogP contribution in [0.2, 0.25) is 0 Å². The first kappa shape index (κ1) is 11.1. The lowest BCUT2D eigenvalue weighted by Gasteiger charge is -2.07. The number of methoxy groups -OCH3 is 1. The third kappa shape index (κ3) is 3.08. The molecule has 0 saturated heterocycles. The van der Waals surface area contributed by atoms with Gasteiger partial charge in [0.2, 0.25) is 0 Å². The van der Waals surface area contributed by atoms with Crippen molar-refractivity contribution in [2.24, 2.45) is 0 Å². The maximum absolute atomic E-state index is 13.0. The molecular formula is C9H13FN2OS. The van der Waals surface area contributed by atoms with E-state index in [0.717, 1.165) is 18.8 Å². The van der Waals surface area contributed by atoms with Crippen LogP contribution in [-0.2, 0) is 0 Å². The summed E-state index contributed by atoms with van der Waals surface area (Å²) in [6, 6.07) is 4.65. The smallest absolute Gasteiger partial charge is 0.165 e. The van der Waals surface area contributed by atoms with Crippen molar-refractivity contribution in [3.8, 4) is 5.75 Å². The zero-order valence-electron chi connectivity index (χ0n) is 7.88. The van der Waals surface area contributed by atoms with Crippen molar-refractivity contribution < 1.29 is 9.13 Å². The number of nitrogens with one attached hydrogen (secondary N) is 2. The van der Waals surface area contributed by atoms with E-state index in [9.17, 15) is 4.39 Å². The van der Waals surface area contributed by atoms with Crippen LogP contribution < -0.4 is 14.8 Å². The summed E-state index contributed by atoms with van der Waals surface area (Å²) < 4.78 is 20.5. The van der Waals surface area contributed by atoms with Crippen LogP contribution in [0.4, 0.5) is 10.1 Å². The molecule has 0 saturated carbocycles. The van der Waals surface area contributed by atoms with Crippen LogP contribution in [0, 0.1) is 5.82 Å². The van der Waals surface area contributed by atoms with E-state index in [1.807, 2.05) is 0 Å². The van der Waals surface area contributed by atoms with Crippen LogP contribution >= 0.6 is 12.8 Å². The fraction of sp³-hybridized carbons (Fsp3) is 0.333. The van der Waals surface area contributed by atoms with Gasteiger partial charge < -0.3 is 10.1 Å². The highest BCUT2D eigenvalue weighted by molar-refractivity contribution is 7.78. The number of benzene rings is 1. The van der Waals surface area contributed by atoms with Gasteiger partial charge in [-0.1, -0.05) is 12.8 Å². The Morgan fingerprint density at radius 3 is 2.86 bits per heavy atom. The zero-order chi connectivity index (χ0) is 10.4. The van der Waals surface area contributed by atoms with Gasteiger partial charge in [0.15, 0.2) is 11.6 Å². The van der Waals surface area contributed by atoms with E-state index in [1.54, 1.807) is 12.1 Å². The van der Waals surface area contributed by atoms with Gasteiger partial charge in [0.1, 0.15) is 0 Å². The van der Waals surface area contributed by atoms with E-state index < -0.39 is 0 Å². The molecule has 1 rings (SSSR count). The van der Waals surface area contributed by atoms with Gasteiger partial charge in [0.05, 0.1) is 7.11 Å². The van der Waals surface area contributed by atoms with Crippen molar-refractivity contribution in [1.29, 1.82) is 0 Å². The summed E-state index contributed by atoms with van der Waals surface area (Å²) in [7, 11) is 1.44. The first-order chi connectivity index (χ1) is 6.77. The maximum Gasteiger partial charge on any atom is 0.165 e. The van der Waals surface area contributed by atoms with Crippen molar-refractivity contribution >= 4 is 18.5 Å². The van der Waals surface area contributed by atoms with Gasteiger partial charge in [0.25, 0.3) is 0 Å². The van der Waals surface area contributed by atoms with Crippen molar-refractivity contribution in [2.45, 2.75) is 0 Å². The van der Waals surface area contributed by atoms with Crippen LogP contribution in [0.25, 0.3) is 0 Å². The molecule has 78 valence electrons. The molecule has 0 spiro atoms. The second kappa shape index (κ2) is 5.72. The number of halogens is 1. The summed E-state index contributed by atoms with van der Waals surface area (Å²) in [4.78, 5) is 0. The third-order valence-electron chi connectivity index (χ3n) is 1.72.